The van der Waals surface area contributed by atoms with E-state index in [1.807, 2.05) is 6.20 Å². The predicted molar refractivity (Wildman–Crippen MR) is 112 cm³/mol. The van der Waals surface area contributed by atoms with E-state index < -0.39 is 21.7 Å². The third-order valence-electron chi connectivity index (χ3n) is 5.16. The molecule has 13 heteroatoms. The Morgan fingerprint density at radius 1 is 1.23 bits per heavy atom. The van der Waals surface area contributed by atoms with Crippen molar-refractivity contribution in [2.24, 2.45) is 0 Å². The minimum Gasteiger partial charge on any atom is -0.358 e. The number of halogens is 4. The molecule has 3 heterocycles. The van der Waals surface area contributed by atoms with Gasteiger partial charge >= 0.3 is 6.55 Å². The third kappa shape index (κ3) is 3.27. The van der Waals surface area contributed by atoms with Gasteiger partial charge in [0.1, 0.15) is 16.3 Å². The first-order chi connectivity index (χ1) is 14.8. The summed E-state index contributed by atoms with van der Waals surface area (Å²) in [5.41, 5.74) is 2.88. The van der Waals surface area contributed by atoms with Crippen LogP contribution in [0.25, 0.3) is 16.6 Å². The maximum Gasteiger partial charge on any atom is 0.334 e. The van der Waals surface area contributed by atoms with Crippen molar-refractivity contribution in [3.8, 4) is 5.69 Å². The van der Waals surface area contributed by atoms with Crippen molar-refractivity contribution in [1.29, 1.82) is 0 Å². The Morgan fingerprint density at radius 2 is 2.03 bits per heavy atom. The van der Waals surface area contributed by atoms with Crippen LogP contribution in [0.5, 0.6) is 0 Å². The molecule has 1 aliphatic rings. The summed E-state index contributed by atoms with van der Waals surface area (Å²) >= 11 is 12.2. The quantitative estimate of drug-likeness (QED) is 0.432. The molecule has 0 saturated carbocycles. The molecule has 31 heavy (non-hydrogen) atoms. The van der Waals surface area contributed by atoms with Crippen molar-refractivity contribution >= 4 is 49.8 Å². The lowest BCUT2D eigenvalue weighted by molar-refractivity contribution is 0.0570. The zero-order valence-electron chi connectivity index (χ0n) is 15.6. The zero-order valence-corrected chi connectivity index (χ0v) is 17.9. The summed E-state index contributed by atoms with van der Waals surface area (Å²) in [4.78, 5) is 2.86. The average Bonchev–Trinajstić information content (AvgIpc) is 3.45. The predicted octanol–water partition coefficient (Wildman–Crippen LogP) is 4.54. The molecule has 0 amide bonds. The number of aromatic nitrogens is 5. The Bertz CT molecular complexity index is 1400. The lowest BCUT2D eigenvalue weighted by Gasteiger charge is -2.09. The number of hydrogen-bond acceptors (Lipinski definition) is 4. The van der Waals surface area contributed by atoms with E-state index in [2.05, 4.69) is 19.9 Å². The zero-order chi connectivity index (χ0) is 21.9. The van der Waals surface area contributed by atoms with Crippen LogP contribution in [-0.2, 0) is 22.9 Å². The Labute approximate surface area is 184 Å². The van der Waals surface area contributed by atoms with Crippen LogP contribution < -0.4 is 4.72 Å². The van der Waals surface area contributed by atoms with E-state index in [-0.39, 0.29) is 15.3 Å². The molecule has 162 valence electrons. The van der Waals surface area contributed by atoms with Gasteiger partial charge in [-0.2, -0.15) is 23.7 Å². The number of alkyl halides is 2. The number of anilines is 1. The lowest BCUT2D eigenvalue weighted by atomic mass is 10.2. The molecular formula is C18H14Cl2F2N6O2S. The summed E-state index contributed by atoms with van der Waals surface area (Å²) < 4.78 is 55.8. The second-order valence-electron chi connectivity index (χ2n) is 7.05. The fourth-order valence-electron chi connectivity index (χ4n) is 3.76. The number of H-pyrrole nitrogens is 1. The van der Waals surface area contributed by atoms with E-state index in [4.69, 9.17) is 23.2 Å². The van der Waals surface area contributed by atoms with Gasteiger partial charge in [0.2, 0.25) is 0 Å². The lowest BCUT2D eigenvalue weighted by Crippen LogP contribution is -2.12. The average molecular weight is 487 g/mol. The van der Waals surface area contributed by atoms with Gasteiger partial charge in [-0.3, -0.25) is 4.72 Å². The monoisotopic (exact) mass is 486 g/mol. The van der Waals surface area contributed by atoms with E-state index in [1.165, 1.54) is 6.20 Å². The largest absolute Gasteiger partial charge is 0.358 e. The summed E-state index contributed by atoms with van der Waals surface area (Å²) in [7, 11) is -4.18. The molecule has 0 bridgehead atoms. The number of hydrogen-bond donors (Lipinski definition) is 2. The summed E-state index contributed by atoms with van der Waals surface area (Å²) in [6, 6.07) is 3.15. The first-order valence-electron chi connectivity index (χ1n) is 9.17. The molecule has 8 nitrogen and oxygen atoms in total. The second-order valence-corrected chi connectivity index (χ2v) is 9.46. The highest BCUT2D eigenvalue weighted by atomic mass is 35.5. The molecule has 2 N–H and O–H groups in total. The van der Waals surface area contributed by atoms with Gasteiger partial charge in [0, 0.05) is 17.8 Å². The van der Waals surface area contributed by atoms with Crippen LogP contribution in [0.4, 0.5) is 14.5 Å². The number of fused-ring (bicyclic) bond motifs is 2. The highest BCUT2D eigenvalue weighted by molar-refractivity contribution is 7.93. The van der Waals surface area contributed by atoms with Gasteiger partial charge in [-0.05, 0) is 37.0 Å². The van der Waals surface area contributed by atoms with E-state index in [1.54, 1.807) is 16.8 Å². The van der Waals surface area contributed by atoms with Crippen molar-refractivity contribution in [2.75, 3.05) is 4.72 Å². The van der Waals surface area contributed by atoms with Crippen LogP contribution in [0.1, 0.15) is 24.2 Å². The van der Waals surface area contributed by atoms with E-state index in [0.29, 0.717) is 21.6 Å². The molecule has 1 aliphatic carbocycles. The number of aromatic amines is 1. The molecule has 0 saturated heterocycles. The van der Waals surface area contributed by atoms with Gasteiger partial charge in [-0.1, -0.05) is 23.2 Å². The Hall–Kier alpha value is -2.63. The number of rotatable bonds is 5. The molecule has 5 rings (SSSR count). The number of aryl methyl sites for hydroxylation is 2. The Morgan fingerprint density at radius 3 is 2.74 bits per heavy atom. The molecule has 4 aromatic rings. The van der Waals surface area contributed by atoms with Crippen LogP contribution >= 0.6 is 23.2 Å². The molecule has 0 spiro atoms. The molecule has 0 unspecified atom stereocenters. The smallest absolute Gasteiger partial charge is 0.334 e. The fourth-order valence-corrected chi connectivity index (χ4v) is 5.49. The maximum atomic E-state index is 13.0. The number of nitrogens with zero attached hydrogens (tertiary/aromatic N) is 4. The van der Waals surface area contributed by atoms with Gasteiger partial charge in [-0.15, -0.1) is 0 Å². The Kier molecular flexibility index (Phi) is 4.72. The van der Waals surface area contributed by atoms with Crippen molar-refractivity contribution in [1.82, 2.24) is 24.5 Å². The van der Waals surface area contributed by atoms with Crippen LogP contribution in [0.3, 0.4) is 0 Å². The summed E-state index contributed by atoms with van der Waals surface area (Å²) in [6.07, 6.45) is 7.00. The topological polar surface area (TPSA) is 97.6 Å². The van der Waals surface area contributed by atoms with Crippen LogP contribution in [0.15, 0.2) is 35.6 Å². The van der Waals surface area contributed by atoms with Crippen molar-refractivity contribution < 1.29 is 17.2 Å². The van der Waals surface area contributed by atoms with Gasteiger partial charge in [-0.25, -0.2) is 13.1 Å². The highest BCUT2D eigenvalue weighted by Gasteiger charge is 2.26. The van der Waals surface area contributed by atoms with Crippen LogP contribution in [0, 0.1) is 0 Å². The molecule has 0 atom stereocenters. The fraction of sp³-hybridized carbons (Fsp3) is 0.222. The summed E-state index contributed by atoms with van der Waals surface area (Å²) in [5.74, 6) is 0. The summed E-state index contributed by atoms with van der Waals surface area (Å²) in [6.45, 7) is -3.00. The minimum absolute atomic E-state index is 0.0963. The standard InChI is InChI=1S/C18H14Cl2F2N6O2S/c19-11-5-4-10-14(31(29,30)26-13-6-24-28(17(13)20)18(21)22)7-23-15(10)16(11)27-8-9-2-1-3-12(9)25-27/h4-8,18,23,26H,1-3H2. The van der Waals surface area contributed by atoms with Crippen molar-refractivity contribution in [2.45, 2.75) is 30.7 Å². The van der Waals surface area contributed by atoms with E-state index in [0.717, 1.165) is 36.7 Å². The second kappa shape index (κ2) is 7.21. The molecule has 1 aromatic carbocycles. The minimum atomic E-state index is -4.18. The summed E-state index contributed by atoms with van der Waals surface area (Å²) in [5, 5.41) is 8.23. The first kappa shape index (κ1) is 20.3. The number of sulfonamides is 1. The molecule has 0 aliphatic heterocycles. The maximum absolute atomic E-state index is 13.0. The highest BCUT2D eigenvalue weighted by Crippen LogP contribution is 2.35. The van der Waals surface area contributed by atoms with Gasteiger partial charge in [0.25, 0.3) is 10.0 Å². The van der Waals surface area contributed by atoms with Crippen molar-refractivity contribution in [3.63, 3.8) is 0 Å². The molecular weight excluding hydrogens is 473 g/mol. The van der Waals surface area contributed by atoms with E-state index >= 15 is 0 Å². The SMILES string of the molecule is O=S(=O)(Nc1cnn(C(F)F)c1Cl)c1c[nH]c2c(-n3cc4c(n3)CCC4)c(Cl)ccc12. The molecule has 0 fully saturated rings. The molecule has 3 aromatic heterocycles. The number of benzene rings is 1. The van der Waals surface area contributed by atoms with Gasteiger partial charge in [0.05, 0.1) is 22.4 Å². The normalized spacial score (nSPS) is 14.0. The third-order valence-corrected chi connectivity index (χ3v) is 7.25. The van der Waals surface area contributed by atoms with E-state index in [9.17, 15) is 17.2 Å². The Balaban J connectivity index is 1.58. The van der Waals surface area contributed by atoms with Crippen LogP contribution in [0.2, 0.25) is 10.2 Å². The van der Waals surface area contributed by atoms with Gasteiger partial charge < -0.3 is 4.98 Å². The van der Waals surface area contributed by atoms with Crippen LogP contribution in [-0.4, -0.2) is 33.0 Å². The molecule has 0 radical (unpaired) electrons. The first-order valence-corrected chi connectivity index (χ1v) is 11.4. The van der Waals surface area contributed by atoms with Crippen molar-refractivity contribution in [3.05, 3.63) is 52.2 Å². The van der Waals surface area contributed by atoms with Gasteiger partial charge in [0.15, 0.2) is 5.15 Å². The number of nitrogens with one attached hydrogen (secondary N) is 2.